The Morgan fingerprint density at radius 3 is 2.38 bits per heavy atom. The zero-order valence-electron chi connectivity index (χ0n) is 14.5. The molecule has 1 aromatic carbocycles. The van der Waals surface area contributed by atoms with E-state index in [1.807, 2.05) is 13.8 Å². The van der Waals surface area contributed by atoms with Crippen LogP contribution in [-0.2, 0) is 19.6 Å². The van der Waals surface area contributed by atoms with Gasteiger partial charge in [0, 0.05) is 11.6 Å². The van der Waals surface area contributed by atoms with E-state index in [1.54, 1.807) is 19.1 Å². The molecule has 136 valence electrons. The van der Waals surface area contributed by atoms with Crippen molar-refractivity contribution in [2.45, 2.75) is 51.3 Å². The molecule has 1 N–H and O–H groups in total. The number of sulfonamides is 1. The Morgan fingerprint density at radius 1 is 1.17 bits per heavy atom. The summed E-state index contributed by atoms with van der Waals surface area (Å²) in [6, 6.07) is 6.06. The van der Waals surface area contributed by atoms with Crippen molar-refractivity contribution in [3.63, 3.8) is 0 Å². The van der Waals surface area contributed by atoms with Crippen LogP contribution in [0.15, 0.2) is 29.2 Å². The smallest absolute Gasteiger partial charge is 0.311 e. The number of hydrogen-bond donors (Lipinski definition) is 1. The highest BCUT2D eigenvalue weighted by Crippen LogP contribution is 2.25. The second-order valence-corrected chi connectivity index (χ2v) is 8.47. The number of esters is 1. The lowest BCUT2D eigenvalue weighted by molar-refractivity contribution is -0.153. The average Bonchev–Trinajstić information content (AvgIpc) is 2.51. The predicted octanol–water partition coefficient (Wildman–Crippen LogP) is 3.77. The second kappa shape index (κ2) is 9.39. The maximum atomic E-state index is 12.1. The molecule has 0 aromatic heterocycles. The van der Waals surface area contributed by atoms with E-state index >= 15 is 0 Å². The Balaban J connectivity index is 2.31. The van der Waals surface area contributed by atoms with Crippen LogP contribution in [0.3, 0.4) is 0 Å². The van der Waals surface area contributed by atoms with Gasteiger partial charge in [-0.2, -0.15) is 0 Å². The number of rotatable bonds is 10. The quantitative estimate of drug-likeness (QED) is 0.499. The Labute approximate surface area is 149 Å². The maximum Gasteiger partial charge on any atom is 0.311 e. The molecule has 0 fully saturated rings. The summed E-state index contributed by atoms with van der Waals surface area (Å²) in [6.45, 7) is 6.28. The number of halogens is 1. The predicted molar refractivity (Wildman–Crippen MR) is 95.5 cm³/mol. The zero-order valence-corrected chi connectivity index (χ0v) is 16.0. The Bertz CT molecular complexity index is 626. The van der Waals surface area contributed by atoms with Gasteiger partial charge in [-0.05, 0) is 57.9 Å². The summed E-state index contributed by atoms with van der Waals surface area (Å²) < 4.78 is 31.8. The number of unbranched alkanes of at least 4 members (excludes halogenated alkanes) is 2. The van der Waals surface area contributed by atoms with Gasteiger partial charge in [0.1, 0.15) is 0 Å². The summed E-state index contributed by atoms with van der Waals surface area (Å²) in [5.41, 5.74) is -0.501. The van der Waals surface area contributed by atoms with Crippen molar-refractivity contribution < 1.29 is 17.9 Å². The number of carbonyl (C=O) groups is 1. The summed E-state index contributed by atoms with van der Waals surface area (Å²) in [5.74, 6) is -0.187. The van der Waals surface area contributed by atoms with Crippen LogP contribution in [0.1, 0.15) is 46.5 Å². The van der Waals surface area contributed by atoms with Gasteiger partial charge in [0.15, 0.2) is 0 Å². The van der Waals surface area contributed by atoms with Crippen molar-refractivity contribution in [1.82, 2.24) is 4.72 Å². The highest BCUT2D eigenvalue weighted by Gasteiger charge is 2.28. The molecule has 5 nitrogen and oxygen atoms in total. The van der Waals surface area contributed by atoms with Gasteiger partial charge >= 0.3 is 5.97 Å². The topological polar surface area (TPSA) is 72.5 Å². The number of carbonyl (C=O) groups excluding carboxylic acids is 1. The molecular formula is C17H26ClNO4S. The van der Waals surface area contributed by atoms with Gasteiger partial charge in [0.25, 0.3) is 0 Å². The SMILES string of the molecule is CCOC(=O)C(C)(C)CCCCCNS(=O)(=O)c1ccc(Cl)cc1. The van der Waals surface area contributed by atoms with Crippen LogP contribution in [0.2, 0.25) is 5.02 Å². The Morgan fingerprint density at radius 2 is 1.79 bits per heavy atom. The number of nitrogens with one attached hydrogen (secondary N) is 1. The van der Waals surface area contributed by atoms with Crippen LogP contribution < -0.4 is 4.72 Å². The number of hydrogen-bond acceptors (Lipinski definition) is 4. The van der Waals surface area contributed by atoms with Crippen LogP contribution in [0, 0.1) is 5.41 Å². The van der Waals surface area contributed by atoms with Crippen LogP contribution in [0.4, 0.5) is 0 Å². The molecule has 0 aliphatic rings. The molecule has 0 atom stereocenters. The lowest BCUT2D eigenvalue weighted by Gasteiger charge is -2.21. The fourth-order valence-electron chi connectivity index (χ4n) is 2.20. The van der Waals surface area contributed by atoms with Crippen LogP contribution in [0.5, 0.6) is 0 Å². The molecule has 0 saturated heterocycles. The van der Waals surface area contributed by atoms with Gasteiger partial charge in [-0.25, -0.2) is 13.1 Å². The molecular weight excluding hydrogens is 350 g/mol. The normalized spacial score (nSPS) is 12.2. The minimum absolute atomic E-state index is 0.187. The first-order chi connectivity index (χ1) is 11.2. The zero-order chi connectivity index (χ0) is 18.2. The molecule has 1 aromatic rings. The van der Waals surface area contributed by atoms with Crippen molar-refractivity contribution in [1.29, 1.82) is 0 Å². The van der Waals surface area contributed by atoms with Crippen molar-refractivity contribution in [2.75, 3.05) is 13.2 Å². The molecule has 0 bridgehead atoms. The molecule has 24 heavy (non-hydrogen) atoms. The van der Waals surface area contributed by atoms with E-state index in [9.17, 15) is 13.2 Å². The standard InChI is InChI=1S/C17H26ClNO4S/c1-4-23-16(20)17(2,3)12-6-5-7-13-19-24(21,22)15-10-8-14(18)9-11-15/h8-11,19H,4-7,12-13H2,1-3H3. The maximum absolute atomic E-state index is 12.1. The molecule has 1 rings (SSSR count). The van der Waals surface area contributed by atoms with Crippen LogP contribution in [-0.4, -0.2) is 27.5 Å². The number of ether oxygens (including phenoxy) is 1. The first-order valence-electron chi connectivity index (χ1n) is 8.11. The number of benzene rings is 1. The van der Waals surface area contributed by atoms with Gasteiger partial charge in [-0.3, -0.25) is 4.79 Å². The van der Waals surface area contributed by atoms with Gasteiger partial charge in [0.2, 0.25) is 10.0 Å². The van der Waals surface area contributed by atoms with Crippen LogP contribution >= 0.6 is 11.6 Å². The molecule has 0 spiro atoms. The van der Waals surface area contributed by atoms with E-state index in [4.69, 9.17) is 16.3 Å². The lowest BCUT2D eigenvalue weighted by atomic mass is 9.87. The lowest BCUT2D eigenvalue weighted by Crippen LogP contribution is -2.27. The molecule has 0 radical (unpaired) electrons. The highest BCUT2D eigenvalue weighted by atomic mass is 35.5. The van der Waals surface area contributed by atoms with Gasteiger partial charge in [-0.1, -0.05) is 24.4 Å². The van der Waals surface area contributed by atoms with Crippen molar-refractivity contribution in [3.05, 3.63) is 29.3 Å². The molecule has 0 saturated carbocycles. The summed E-state index contributed by atoms with van der Waals surface area (Å²) in [4.78, 5) is 12.0. The third kappa shape index (κ3) is 6.79. The first kappa shape index (κ1) is 20.9. The molecule has 0 aliphatic carbocycles. The summed E-state index contributed by atoms with van der Waals surface area (Å²) in [5, 5.41) is 0.498. The average molecular weight is 376 g/mol. The highest BCUT2D eigenvalue weighted by molar-refractivity contribution is 7.89. The fraction of sp³-hybridized carbons (Fsp3) is 0.588. The van der Waals surface area contributed by atoms with Crippen molar-refractivity contribution in [3.8, 4) is 0 Å². The van der Waals surface area contributed by atoms with E-state index < -0.39 is 15.4 Å². The molecule has 0 aliphatic heterocycles. The Hall–Kier alpha value is -1.11. The van der Waals surface area contributed by atoms with Gasteiger partial charge in [-0.15, -0.1) is 0 Å². The first-order valence-corrected chi connectivity index (χ1v) is 9.97. The van der Waals surface area contributed by atoms with Crippen LogP contribution in [0.25, 0.3) is 0 Å². The van der Waals surface area contributed by atoms with Gasteiger partial charge < -0.3 is 4.74 Å². The largest absolute Gasteiger partial charge is 0.466 e. The van der Waals surface area contributed by atoms with E-state index in [0.717, 1.165) is 19.3 Å². The van der Waals surface area contributed by atoms with Crippen molar-refractivity contribution >= 4 is 27.6 Å². The minimum atomic E-state index is -3.50. The summed E-state index contributed by atoms with van der Waals surface area (Å²) in [7, 11) is -3.50. The molecule has 7 heteroatoms. The Kier molecular flexibility index (Phi) is 8.19. The van der Waals surface area contributed by atoms with E-state index in [0.29, 0.717) is 24.6 Å². The molecule has 0 amide bonds. The van der Waals surface area contributed by atoms with Crippen molar-refractivity contribution in [2.24, 2.45) is 5.41 Å². The minimum Gasteiger partial charge on any atom is -0.466 e. The second-order valence-electron chi connectivity index (χ2n) is 6.27. The monoisotopic (exact) mass is 375 g/mol. The summed E-state index contributed by atoms with van der Waals surface area (Å²) in [6.07, 6.45) is 3.11. The van der Waals surface area contributed by atoms with E-state index in [-0.39, 0.29) is 10.9 Å². The third-order valence-electron chi connectivity index (χ3n) is 3.72. The third-order valence-corrected chi connectivity index (χ3v) is 5.45. The fourth-order valence-corrected chi connectivity index (χ4v) is 3.40. The van der Waals surface area contributed by atoms with Gasteiger partial charge in [0.05, 0.1) is 16.9 Å². The van der Waals surface area contributed by atoms with E-state index in [1.165, 1.54) is 12.1 Å². The summed E-state index contributed by atoms with van der Waals surface area (Å²) >= 11 is 5.75. The molecule has 0 heterocycles. The van der Waals surface area contributed by atoms with E-state index in [2.05, 4.69) is 4.72 Å². The molecule has 0 unspecified atom stereocenters.